The minimum Gasteiger partial charge on any atom is -0.309 e. The molecule has 2 aliphatic rings. The molecule has 1 aromatic heterocycles. The van der Waals surface area contributed by atoms with Gasteiger partial charge in [0.2, 0.25) is 0 Å². The van der Waals surface area contributed by atoms with Gasteiger partial charge in [-0.25, -0.2) is 4.98 Å². The van der Waals surface area contributed by atoms with Gasteiger partial charge in [0.15, 0.2) is 0 Å². The van der Waals surface area contributed by atoms with Crippen LogP contribution in [0, 0.1) is 0 Å². The van der Waals surface area contributed by atoms with E-state index in [2.05, 4.69) is 19.2 Å². The number of rotatable bonds is 6. The molecule has 0 amide bonds. The van der Waals surface area contributed by atoms with Crippen LogP contribution in [0.25, 0.3) is 0 Å². The van der Waals surface area contributed by atoms with Crippen LogP contribution < -0.4 is 5.32 Å². The smallest absolute Gasteiger partial charge is 0.0962 e. The highest BCUT2D eigenvalue weighted by Gasteiger charge is 2.33. The molecule has 2 nitrogen and oxygen atoms in total. The highest BCUT2D eigenvalue weighted by molar-refractivity contribution is 7.11. The summed E-state index contributed by atoms with van der Waals surface area (Å²) in [5.41, 5.74) is 1.44. The monoisotopic (exact) mass is 250 g/mol. The average molecular weight is 250 g/mol. The fourth-order valence-corrected chi connectivity index (χ4v) is 3.37. The van der Waals surface area contributed by atoms with Crippen LogP contribution in [0.5, 0.6) is 0 Å². The van der Waals surface area contributed by atoms with E-state index in [9.17, 15) is 0 Å². The van der Waals surface area contributed by atoms with Crippen molar-refractivity contribution in [2.75, 3.05) is 0 Å². The van der Waals surface area contributed by atoms with Gasteiger partial charge in [0.05, 0.1) is 10.7 Å². The Labute approximate surface area is 108 Å². The molecule has 2 fully saturated rings. The first kappa shape index (κ1) is 11.7. The minimum absolute atomic E-state index is 0.619. The van der Waals surface area contributed by atoms with Gasteiger partial charge >= 0.3 is 0 Å². The Balaban J connectivity index is 1.71. The fourth-order valence-electron chi connectivity index (χ4n) is 2.10. The van der Waals surface area contributed by atoms with Crippen LogP contribution in [-0.4, -0.2) is 11.0 Å². The molecule has 1 aromatic rings. The zero-order valence-corrected chi connectivity index (χ0v) is 11.6. The zero-order chi connectivity index (χ0) is 11.8. The topological polar surface area (TPSA) is 24.9 Å². The summed E-state index contributed by atoms with van der Waals surface area (Å²) in [6.45, 7) is 5.53. The molecule has 1 heterocycles. The Kier molecular flexibility index (Phi) is 3.22. The van der Waals surface area contributed by atoms with Crippen molar-refractivity contribution in [3.05, 3.63) is 15.6 Å². The lowest BCUT2D eigenvalue weighted by molar-refractivity contribution is 0.535. The molecule has 0 spiro atoms. The largest absolute Gasteiger partial charge is 0.309 e. The van der Waals surface area contributed by atoms with Crippen LogP contribution in [0.2, 0.25) is 0 Å². The van der Waals surface area contributed by atoms with Crippen molar-refractivity contribution in [3.8, 4) is 0 Å². The van der Waals surface area contributed by atoms with Crippen molar-refractivity contribution in [1.29, 1.82) is 0 Å². The highest BCUT2D eigenvalue weighted by Crippen LogP contribution is 2.47. The Morgan fingerprint density at radius 2 is 2.00 bits per heavy atom. The molecule has 0 bridgehead atoms. The molecule has 2 aliphatic carbocycles. The lowest BCUT2D eigenvalue weighted by Crippen LogP contribution is -2.24. The molecule has 0 aliphatic heterocycles. The first-order valence-electron chi connectivity index (χ1n) is 7.00. The van der Waals surface area contributed by atoms with Crippen LogP contribution in [0.15, 0.2) is 0 Å². The molecule has 1 atom stereocenters. The van der Waals surface area contributed by atoms with Crippen molar-refractivity contribution in [1.82, 2.24) is 10.3 Å². The number of nitrogens with one attached hydrogen (secondary N) is 1. The quantitative estimate of drug-likeness (QED) is 0.831. The Hall–Kier alpha value is -0.410. The Bertz CT molecular complexity index is 391. The number of nitrogens with zero attached hydrogens (tertiary/aromatic N) is 1. The second kappa shape index (κ2) is 4.69. The summed E-state index contributed by atoms with van der Waals surface area (Å²) in [7, 11) is 0. The maximum absolute atomic E-state index is 4.92. The van der Waals surface area contributed by atoms with E-state index in [1.54, 1.807) is 0 Å². The molecule has 94 valence electrons. The average Bonchev–Trinajstić information content (AvgIpc) is 3.23. The molecule has 0 radical (unpaired) electrons. The van der Waals surface area contributed by atoms with E-state index >= 15 is 0 Å². The molecular weight excluding hydrogens is 228 g/mol. The number of thiazole rings is 1. The van der Waals surface area contributed by atoms with Gasteiger partial charge in [-0.05, 0) is 39.0 Å². The van der Waals surface area contributed by atoms with Crippen molar-refractivity contribution in [3.63, 3.8) is 0 Å². The van der Waals surface area contributed by atoms with Gasteiger partial charge < -0.3 is 5.32 Å². The van der Waals surface area contributed by atoms with Crippen molar-refractivity contribution in [2.45, 2.75) is 70.4 Å². The maximum atomic E-state index is 4.92. The van der Waals surface area contributed by atoms with Crippen LogP contribution >= 0.6 is 11.3 Å². The van der Waals surface area contributed by atoms with E-state index in [1.165, 1.54) is 47.7 Å². The van der Waals surface area contributed by atoms with E-state index < -0.39 is 0 Å². The summed E-state index contributed by atoms with van der Waals surface area (Å²) in [5.74, 6) is 1.61. The second-order valence-corrected chi connectivity index (χ2v) is 6.71. The standard InChI is InChI=1S/C14H22N2S/c1-3-9(2)15-8-12-13(10-4-5-10)16-14(17-12)11-6-7-11/h9-11,15H,3-8H2,1-2H3. The number of hydrogen-bond acceptors (Lipinski definition) is 3. The summed E-state index contributed by atoms with van der Waals surface area (Å²) in [6.07, 6.45) is 6.67. The molecule has 17 heavy (non-hydrogen) atoms. The van der Waals surface area contributed by atoms with Crippen LogP contribution in [-0.2, 0) is 6.54 Å². The molecule has 1 N–H and O–H groups in total. The van der Waals surface area contributed by atoms with Gasteiger partial charge in [-0.2, -0.15) is 0 Å². The third-order valence-corrected chi connectivity index (χ3v) is 5.09. The fraction of sp³-hybridized carbons (Fsp3) is 0.786. The van der Waals surface area contributed by atoms with Crippen molar-refractivity contribution < 1.29 is 0 Å². The van der Waals surface area contributed by atoms with Crippen LogP contribution in [0.4, 0.5) is 0 Å². The zero-order valence-electron chi connectivity index (χ0n) is 10.8. The van der Waals surface area contributed by atoms with Gasteiger partial charge in [-0.1, -0.05) is 6.92 Å². The molecular formula is C14H22N2S. The van der Waals surface area contributed by atoms with Gasteiger partial charge in [-0.3, -0.25) is 0 Å². The van der Waals surface area contributed by atoms with Gasteiger partial charge in [-0.15, -0.1) is 11.3 Å². The van der Waals surface area contributed by atoms with Gasteiger partial charge in [0.1, 0.15) is 0 Å². The summed E-state index contributed by atoms with van der Waals surface area (Å²) in [6, 6.07) is 0.619. The minimum atomic E-state index is 0.619. The summed E-state index contributed by atoms with van der Waals surface area (Å²) >= 11 is 1.98. The summed E-state index contributed by atoms with van der Waals surface area (Å²) < 4.78 is 0. The number of aromatic nitrogens is 1. The Morgan fingerprint density at radius 3 is 2.59 bits per heavy atom. The summed E-state index contributed by atoms with van der Waals surface area (Å²) in [5, 5.41) is 5.04. The van der Waals surface area contributed by atoms with E-state index in [0.717, 1.165) is 18.4 Å². The van der Waals surface area contributed by atoms with Crippen LogP contribution in [0.1, 0.15) is 73.4 Å². The summed E-state index contributed by atoms with van der Waals surface area (Å²) in [4.78, 5) is 6.44. The van der Waals surface area contributed by atoms with Crippen molar-refractivity contribution >= 4 is 11.3 Å². The molecule has 3 heteroatoms. The normalized spacial score (nSPS) is 21.8. The molecule has 2 saturated carbocycles. The lowest BCUT2D eigenvalue weighted by Gasteiger charge is -2.10. The molecule has 1 unspecified atom stereocenters. The third-order valence-electron chi connectivity index (χ3n) is 3.86. The van der Waals surface area contributed by atoms with E-state index in [4.69, 9.17) is 4.98 Å². The SMILES string of the molecule is CCC(C)NCc1sc(C2CC2)nc1C1CC1. The predicted molar refractivity (Wildman–Crippen MR) is 72.7 cm³/mol. The van der Waals surface area contributed by atoms with Crippen molar-refractivity contribution in [2.24, 2.45) is 0 Å². The van der Waals surface area contributed by atoms with Gasteiger partial charge in [0, 0.05) is 29.3 Å². The molecule has 0 aromatic carbocycles. The third kappa shape index (κ3) is 2.71. The van der Waals surface area contributed by atoms with Crippen LogP contribution in [0.3, 0.4) is 0 Å². The lowest BCUT2D eigenvalue weighted by atomic mass is 10.2. The predicted octanol–water partition coefficient (Wildman–Crippen LogP) is 3.79. The van der Waals surface area contributed by atoms with Gasteiger partial charge in [0.25, 0.3) is 0 Å². The Morgan fingerprint density at radius 1 is 1.29 bits per heavy atom. The first-order valence-corrected chi connectivity index (χ1v) is 7.82. The maximum Gasteiger partial charge on any atom is 0.0962 e. The number of hydrogen-bond donors (Lipinski definition) is 1. The van der Waals surface area contributed by atoms with E-state index in [-0.39, 0.29) is 0 Å². The second-order valence-electron chi connectivity index (χ2n) is 5.60. The van der Waals surface area contributed by atoms with E-state index in [0.29, 0.717) is 6.04 Å². The first-order chi connectivity index (χ1) is 8.28. The highest BCUT2D eigenvalue weighted by atomic mass is 32.1. The molecule has 0 saturated heterocycles. The van der Waals surface area contributed by atoms with E-state index in [1.807, 2.05) is 11.3 Å². The molecule has 3 rings (SSSR count).